The monoisotopic (exact) mass is 483 g/mol. The molecule has 0 bridgehead atoms. The highest BCUT2D eigenvalue weighted by atomic mass is 127. The Morgan fingerprint density at radius 2 is 1.89 bits per heavy atom. The van der Waals surface area contributed by atoms with Crippen molar-refractivity contribution in [3.63, 3.8) is 0 Å². The molecule has 1 amide bonds. The smallest absolute Gasteiger partial charge is 0.271 e. The highest BCUT2D eigenvalue weighted by Crippen LogP contribution is 2.33. The number of hydrogen-bond donors (Lipinski definition) is 1. The van der Waals surface area contributed by atoms with Gasteiger partial charge in [0.1, 0.15) is 0 Å². The molecule has 0 spiro atoms. The van der Waals surface area contributed by atoms with E-state index in [-0.39, 0.29) is 11.3 Å². The summed E-state index contributed by atoms with van der Waals surface area (Å²) in [6.07, 6.45) is 1.49. The van der Waals surface area contributed by atoms with Crippen molar-refractivity contribution in [1.82, 2.24) is 5.43 Å². The average molecular weight is 483 g/mol. The number of nitro groups is 1. The highest BCUT2D eigenvalue weighted by Gasteiger charge is 2.12. The lowest BCUT2D eigenvalue weighted by atomic mass is 10.2. The van der Waals surface area contributed by atoms with Crippen LogP contribution in [0, 0.1) is 13.7 Å². The molecule has 27 heavy (non-hydrogen) atoms. The minimum atomic E-state index is -0.524. The number of hydrazone groups is 1. The third kappa shape index (κ3) is 5.64. The van der Waals surface area contributed by atoms with Gasteiger partial charge in [0, 0.05) is 17.7 Å². The van der Waals surface area contributed by atoms with Crippen LogP contribution in [-0.4, -0.2) is 30.3 Å². The van der Waals surface area contributed by atoms with E-state index in [4.69, 9.17) is 9.47 Å². The number of benzene rings is 2. The van der Waals surface area contributed by atoms with E-state index in [1.165, 1.54) is 30.5 Å². The molecule has 8 nitrogen and oxygen atoms in total. The van der Waals surface area contributed by atoms with E-state index in [2.05, 4.69) is 33.1 Å². The Kier molecular flexibility index (Phi) is 7.53. The van der Waals surface area contributed by atoms with Gasteiger partial charge in [-0.1, -0.05) is 0 Å². The van der Waals surface area contributed by atoms with Crippen molar-refractivity contribution in [2.24, 2.45) is 5.10 Å². The maximum absolute atomic E-state index is 12.1. The van der Waals surface area contributed by atoms with E-state index in [0.717, 1.165) is 9.13 Å². The van der Waals surface area contributed by atoms with Gasteiger partial charge in [-0.3, -0.25) is 14.9 Å². The Balaban J connectivity index is 2.10. The molecular weight excluding hydrogens is 465 g/mol. The largest absolute Gasteiger partial charge is 0.490 e. The molecule has 0 saturated heterocycles. The summed E-state index contributed by atoms with van der Waals surface area (Å²) in [7, 11) is 0. The second-order valence-corrected chi connectivity index (χ2v) is 6.36. The molecule has 0 heterocycles. The normalized spacial score (nSPS) is 10.6. The van der Waals surface area contributed by atoms with Gasteiger partial charge >= 0.3 is 0 Å². The van der Waals surface area contributed by atoms with Gasteiger partial charge in [0.25, 0.3) is 11.6 Å². The van der Waals surface area contributed by atoms with Crippen LogP contribution < -0.4 is 14.9 Å². The number of amides is 1. The van der Waals surface area contributed by atoms with Crippen LogP contribution in [0.4, 0.5) is 5.69 Å². The van der Waals surface area contributed by atoms with Crippen LogP contribution in [0.5, 0.6) is 11.5 Å². The van der Waals surface area contributed by atoms with Crippen molar-refractivity contribution < 1.29 is 19.2 Å². The second kappa shape index (κ2) is 9.86. The van der Waals surface area contributed by atoms with Gasteiger partial charge < -0.3 is 9.47 Å². The highest BCUT2D eigenvalue weighted by molar-refractivity contribution is 14.1. The van der Waals surface area contributed by atoms with Crippen molar-refractivity contribution in [2.45, 2.75) is 13.8 Å². The first-order chi connectivity index (χ1) is 13.0. The number of hydrogen-bond acceptors (Lipinski definition) is 6. The van der Waals surface area contributed by atoms with Crippen molar-refractivity contribution in [2.75, 3.05) is 13.2 Å². The summed E-state index contributed by atoms with van der Waals surface area (Å²) in [4.78, 5) is 22.2. The van der Waals surface area contributed by atoms with Gasteiger partial charge in [0.05, 0.1) is 27.9 Å². The number of non-ortho nitro benzene ring substituents is 1. The molecule has 9 heteroatoms. The van der Waals surface area contributed by atoms with Gasteiger partial charge in [-0.2, -0.15) is 5.10 Å². The van der Waals surface area contributed by atoms with Crippen molar-refractivity contribution >= 4 is 40.4 Å². The maximum atomic E-state index is 12.1. The zero-order valence-corrected chi connectivity index (χ0v) is 16.9. The molecule has 0 aliphatic rings. The second-order valence-electron chi connectivity index (χ2n) is 5.20. The van der Waals surface area contributed by atoms with Crippen LogP contribution in [0.2, 0.25) is 0 Å². The lowest BCUT2D eigenvalue weighted by Gasteiger charge is -2.13. The van der Waals surface area contributed by atoms with Gasteiger partial charge in [0.2, 0.25) is 0 Å². The zero-order chi connectivity index (χ0) is 19.8. The topological polar surface area (TPSA) is 103 Å². The third-order valence-corrected chi connectivity index (χ3v) is 4.14. The Bertz CT molecular complexity index is 853. The minimum Gasteiger partial charge on any atom is -0.490 e. The standard InChI is InChI=1S/C18H18IN3O5/c1-3-26-16-10-12(9-15(19)17(16)27-4-2)11-20-21-18(23)13-5-7-14(8-6-13)22(24)25/h5-11H,3-4H2,1-2H3,(H,21,23). The molecule has 2 aromatic carbocycles. The van der Waals surface area contributed by atoms with Crippen LogP contribution in [0.25, 0.3) is 0 Å². The number of nitrogens with zero attached hydrogens (tertiary/aromatic N) is 2. The first-order valence-corrected chi connectivity index (χ1v) is 9.21. The zero-order valence-electron chi connectivity index (χ0n) is 14.8. The SMILES string of the molecule is CCOc1cc(C=NNC(=O)c2ccc([N+](=O)[O-])cc2)cc(I)c1OCC. The molecule has 0 saturated carbocycles. The van der Waals surface area contributed by atoms with Gasteiger partial charge in [-0.15, -0.1) is 0 Å². The summed E-state index contributed by atoms with van der Waals surface area (Å²) in [5, 5.41) is 14.6. The fourth-order valence-corrected chi connectivity index (χ4v) is 2.96. The van der Waals surface area contributed by atoms with Gasteiger partial charge in [-0.05, 0) is 66.3 Å². The number of carbonyl (C=O) groups excluding carboxylic acids is 1. The quantitative estimate of drug-likeness (QED) is 0.267. The predicted molar refractivity (Wildman–Crippen MR) is 110 cm³/mol. The number of nitrogens with one attached hydrogen (secondary N) is 1. The molecule has 0 fully saturated rings. The van der Waals surface area contributed by atoms with Crippen molar-refractivity contribution in [1.29, 1.82) is 0 Å². The van der Waals surface area contributed by atoms with E-state index < -0.39 is 10.8 Å². The fraction of sp³-hybridized carbons (Fsp3) is 0.222. The Hall–Kier alpha value is -2.69. The van der Waals surface area contributed by atoms with Gasteiger partial charge in [-0.25, -0.2) is 5.43 Å². The molecule has 0 atom stereocenters. The number of rotatable bonds is 8. The van der Waals surface area contributed by atoms with E-state index in [1.807, 2.05) is 19.9 Å². The first-order valence-electron chi connectivity index (χ1n) is 8.13. The number of carbonyl (C=O) groups is 1. The fourth-order valence-electron chi connectivity index (χ4n) is 2.17. The number of halogens is 1. The molecule has 2 rings (SSSR count). The molecule has 0 aliphatic carbocycles. The number of ether oxygens (including phenoxy) is 2. The average Bonchev–Trinajstić information content (AvgIpc) is 2.64. The number of nitro benzene ring substituents is 1. The molecule has 0 aliphatic heterocycles. The Morgan fingerprint density at radius 1 is 1.22 bits per heavy atom. The molecule has 2 aromatic rings. The van der Waals surface area contributed by atoms with Crippen LogP contribution in [-0.2, 0) is 0 Å². The van der Waals surface area contributed by atoms with Crippen molar-refractivity contribution in [3.05, 3.63) is 61.2 Å². The molecule has 142 valence electrons. The summed E-state index contributed by atoms with van der Waals surface area (Å²) in [5.74, 6) is 0.813. The molecule has 0 unspecified atom stereocenters. The summed E-state index contributed by atoms with van der Waals surface area (Å²) in [6, 6.07) is 8.91. The summed E-state index contributed by atoms with van der Waals surface area (Å²) in [5.41, 5.74) is 3.32. The Morgan fingerprint density at radius 3 is 2.48 bits per heavy atom. The van der Waals surface area contributed by atoms with Gasteiger partial charge in [0.15, 0.2) is 11.5 Å². The third-order valence-electron chi connectivity index (χ3n) is 3.34. The maximum Gasteiger partial charge on any atom is 0.271 e. The molecule has 0 radical (unpaired) electrons. The summed E-state index contributed by atoms with van der Waals surface area (Å²) < 4.78 is 12.1. The van der Waals surface area contributed by atoms with E-state index in [1.54, 1.807) is 6.07 Å². The predicted octanol–water partition coefficient (Wildman–Crippen LogP) is 3.76. The van der Waals surface area contributed by atoms with Crippen LogP contribution >= 0.6 is 22.6 Å². The molecular formula is C18H18IN3O5. The summed E-state index contributed by atoms with van der Waals surface area (Å²) in [6.45, 7) is 4.80. The minimum absolute atomic E-state index is 0.0810. The Labute approximate surface area is 169 Å². The van der Waals surface area contributed by atoms with E-state index in [9.17, 15) is 14.9 Å². The van der Waals surface area contributed by atoms with E-state index in [0.29, 0.717) is 24.7 Å². The lowest BCUT2D eigenvalue weighted by molar-refractivity contribution is -0.384. The van der Waals surface area contributed by atoms with Crippen LogP contribution in [0.15, 0.2) is 41.5 Å². The lowest BCUT2D eigenvalue weighted by Crippen LogP contribution is -2.17. The van der Waals surface area contributed by atoms with Crippen LogP contribution in [0.1, 0.15) is 29.8 Å². The van der Waals surface area contributed by atoms with Crippen LogP contribution in [0.3, 0.4) is 0 Å². The van der Waals surface area contributed by atoms with Crippen molar-refractivity contribution in [3.8, 4) is 11.5 Å². The summed E-state index contributed by atoms with van der Waals surface area (Å²) >= 11 is 2.15. The first kappa shape index (κ1) is 20.6. The van der Waals surface area contributed by atoms with E-state index >= 15 is 0 Å². The molecule has 1 N–H and O–H groups in total. The molecule has 0 aromatic heterocycles.